The van der Waals surface area contributed by atoms with Crippen LogP contribution < -0.4 is 5.32 Å². The largest absolute Gasteiger partial charge is 0.462 e. The summed E-state index contributed by atoms with van der Waals surface area (Å²) >= 11 is 1.01. The summed E-state index contributed by atoms with van der Waals surface area (Å²) in [6, 6.07) is 0. The molecule has 180 valence electrons. The maximum Gasteiger partial charge on any atom is 0.341 e. The molecule has 33 heavy (non-hydrogen) atoms. The highest BCUT2D eigenvalue weighted by molar-refractivity contribution is 7.18. The van der Waals surface area contributed by atoms with Gasteiger partial charge < -0.3 is 15.0 Å². The summed E-state index contributed by atoms with van der Waals surface area (Å²) in [5, 5.41) is 18.4. The molecule has 0 radical (unpaired) electrons. The number of hydrogen-bond donors (Lipinski definition) is 1. The topological polar surface area (TPSA) is 137 Å². The van der Waals surface area contributed by atoms with Crippen LogP contribution in [-0.4, -0.2) is 58.1 Å². The van der Waals surface area contributed by atoms with Crippen LogP contribution in [0.25, 0.3) is 0 Å². The van der Waals surface area contributed by atoms with E-state index in [2.05, 4.69) is 10.4 Å². The second-order valence-electron chi connectivity index (χ2n) is 7.94. The van der Waals surface area contributed by atoms with E-state index < -0.39 is 22.7 Å². The Bertz CT molecular complexity index is 1090. The molecule has 2 amide bonds. The number of thiophene rings is 1. The molecule has 0 saturated heterocycles. The lowest BCUT2D eigenvalue weighted by Crippen LogP contribution is -2.25. The van der Waals surface area contributed by atoms with Gasteiger partial charge in [-0.05, 0) is 32.8 Å². The fourth-order valence-corrected chi connectivity index (χ4v) is 4.45. The van der Waals surface area contributed by atoms with Crippen molar-refractivity contribution in [3.8, 4) is 0 Å². The zero-order chi connectivity index (χ0) is 25.0. The molecule has 0 fully saturated rings. The first-order chi connectivity index (χ1) is 15.4. The molecule has 0 aliphatic carbocycles. The molecule has 2 aromatic rings. The Balaban J connectivity index is 2.32. The van der Waals surface area contributed by atoms with Gasteiger partial charge in [-0.15, -0.1) is 11.3 Å². The van der Waals surface area contributed by atoms with Crippen molar-refractivity contribution in [2.24, 2.45) is 5.92 Å². The fourth-order valence-electron chi connectivity index (χ4n) is 3.23. The van der Waals surface area contributed by atoms with E-state index in [1.54, 1.807) is 34.9 Å². The summed E-state index contributed by atoms with van der Waals surface area (Å²) in [5.41, 5.74) is 1.14. The van der Waals surface area contributed by atoms with E-state index >= 15 is 0 Å². The van der Waals surface area contributed by atoms with Crippen LogP contribution in [0.1, 0.15) is 57.2 Å². The van der Waals surface area contributed by atoms with Crippen LogP contribution >= 0.6 is 11.3 Å². The monoisotopic (exact) mass is 479 g/mol. The number of ether oxygens (including phenoxy) is 1. The van der Waals surface area contributed by atoms with E-state index in [-0.39, 0.29) is 41.0 Å². The molecule has 1 N–H and O–H groups in total. The summed E-state index contributed by atoms with van der Waals surface area (Å²) in [7, 11) is 3.20. The molecule has 12 heteroatoms. The Labute approximate surface area is 195 Å². The Hall–Kier alpha value is -3.28. The molecule has 2 heterocycles. The van der Waals surface area contributed by atoms with Gasteiger partial charge in [0.25, 0.3) is 5.91 Å². The Morgan fingerprint density at radius 2 is 1.91 bits per heavy atom. The molecule has 0 saturated carbocycles. The lowest BCUT2D eigenvalue weighted by atomic mass is 10.1. The van der Waals surface area contributed by atoms with Crippen molar-refractivity contribution in [2.75, 3.05) is 26.0 Å². The average Bonchev–Trinajstić information content (AvgIpc) is 3.20. The zero-order valence-corrected chi connectivity index (χ0v) is 20.7. The van der Waals surface area contributed by atoms with Gasteiger partial charge in [0.1, 0.15) is 16.4 Å². The molecule has 0 aliphatic heterocycles. The number of nitrogens with one attached hydrogen (secondary N) is 1. The number of hydrogen-bond acceptors (Lipinski definition) is 8. The second kappa shape index (κ2) is 10.6. The van der Waals surface area contributed by atoms with Gasteiger partial charge in [-0.2, -0.15) is 5.10 Å². The molecule has 1 unspecified atom stereocenters. The third-order valence-electron chi connectivity index (χ3n) is 5.05. The zero-order valence-electron chi connectivity index (χ0n) is 19.8. The SMILES string of the molecule is CCCOC(=O)c1c(NC(=O)C(C)Cn2nc(C)c([N+](=O)[O-])c2C)sc(C(=O)N(C)C)c1C. The van der Waals surface area contributed by atoms with E-state index in [9.17, 15) is 24.5 Å². The molecule has 2 rings (SSSR count). The molecule has 11 nitrogen and oxygen atoms in total. The predicted molar refractivity (Wildman–Crippen MR) is 124 cm³/mol. The number of esters is 1. The van der Waals surface area contributed by atoms with Gasteiger partial charge in [0.2, 0.25) is 5.91 Å². The van der Waals surface area contributed by atoms with Gasteiger partial charge in [-0.3, -0.25) is 24.4 Å². The highest BCUT2D eigenvalue weighted by Crippen LogP contribution is 2.35. The van der Waals surface area contributed by atoms with Gasteiger partial charge in [-0.25, -0.2) is 4.79 Å². The molecule has 2 aromatic heterocycles. The van der Waals surface area contributed by atoms with Crippen molar-refractivity contribution < 1.29 is 24.0 Å². The molecular formula is C21H29N5O6S. The van der Waals surface area contributed by atoms with Gasteiger partial charge in [0.05, 0.1) is 34.4 Å². The minimum Gasteiger partial charge on any atom is -0.462 e. The standard InChI is InChI=1S/C21H29N5O6S/c1-8-9-32-21(29)15-12(3)17(20(28)24(6)7)33-19(15)22-18(27)11(2)10-25-14(5)16(26(30)31)13(4)23-25/h11H,8-10H2,1-7H3,(H,22,27). The van der Waals surface area contributed by atoms with Gasteiger partial charge in [0.15, 0.2) is 0 Å². The summed E-state index contributed by atoms with van der Waals surface area (Å²) < 4.78 is 6.68. The highest BCUT2D eigenvalue weighted by Gasteiger charge is 2.29. The van der Waals surface area contributed by atoms with E-state index in [0.717, 1.165) is 11.3 Å². The normalized spacial score (nSPS) is 11.7. The summed E-state index contributed by atoms with van der Waals surface area (Å²) in [5.74, 6) is -1.94. The van der Waals surface area contributed by atoms with E-state index in [4.69, 9.17) is 4.74 Å². The fraction of sp³-hybridized carbons (Fsp3) is 0.524. The average molecular weight is 480 g/mol. The van der Waals surface area contributed by atoms with Gasteiger partial charge in [-0.1, -0.05) is 13.8 Å². The predicted octanol–water partition coefficient (Wildman–Crippen LogP) is 3.32. The van der Waals surface area contributed by atoms with Crippen molar-refractivity contribution in [2.45, 2.75) is 47.6 Å². The summed E-state index contributed by atoms with van der Waals surface area (Å²) in [6.45, 7) is 8.59. The van der Waals surface area contributed by atoms with Crippen molar-refractivity contribution in [1.82, 2.24) is 14.7 Å². The maximum absolute atomic E-state index is 12.9. The molecule has 1 atom stereocenters. The Morgan fingerprint density at radius 3 is 2.42 bits per heavy atom. The number of aromatic nitrogens is 2. The number of amides is 2. The van der Waals surface area contributed by atoms with Crippen molar-refractivity contribution in [3.05, 3.63) is 37.5 Å². The molecule has 0 aliphatic rings. The first-order valence-electron chi connectivity index (χ1n) is 10.4. The van der Waals surface area contributed by atoms with Crippen LogP contribution in [0.3, 0.4) is 0 Å². The van der Waals surface area contributed by atoms with Gasteiger partial charge in [0, 0.05) is 14.1 Å². The Morgan fingerprint density at radius 1 is 1.27 bits per heavy atom. The van der Waals surface area contributed by atoms with Crippen molar-refractivity contribution in [1.29, 1.82) is 0 Å². The Kier molecular flexibility index (Phi) is 8.31. The number of carbonyl (C=O) groups excluding carboxylic acids is 3. The summed E-state index contributed by atoms with van der Waals surface area (Å²) in [4.78, 5) is 50.6. The molecule has 0 bridgehead atoms. The van der Waals surface area contributed by atoms with Crippen molar-refractivity contribution in [3.63, 3.8) is 0 Å². The van der Waals surface area contributed by atoms with Crippen LogP contribution in [0.4, 0.5) is 10.7 Å². The van der Waals surface area contributed by atoms with Crippen LogP contribution in [-0.2, 0) is 16.1 Å². The minimum atomic E-state index is -0.627. The van der Waals surface area contributed by atoms with Crippen molar-refractivity contribution >= 4 is 39.8 Å². The van der Waals surface area contributed by atoms with E-state index in [0.29, 0.717) is 22.6 Å². The smallest absolute Gasteiger partial charge is 0.341 e. The summed E-state index contributed by atoms with van der Waals surface area (Å²) in [6.07, 6.45) is 0.631. The number of aryl methyl sites for hydroxylation is 1. The number of rotatable bonds is 9. The van der Waals surface area contributed by atoms with Crippen LogP contribution in [0.15, 0.2) is 0 Å². The quantitative estimate of drug-likeness (QED) is 0.331. The van der Waals surface area contributed by atoms with Crippen LogP contribution in [0.5, 0.6) is 0 Å². The third-order valence-corrected chi connectivity index (χ3v) is 6.24. The molecule has 0 aromatic carbocycles. The van der Waals surface area contributed by atoms with Gasteiger partial charge >= 0.3 is 11.7 Å². The molecule has 0 spiro atoms. The second-order valence-corrected chi connectivity index (χ2v) is 8.97. The van der Waals surface area contributed by atoms with Crippen LogP contribution in [0.2, 0.25) is 0 Å². The number of nitrogens with zero attached hydrogens (tertiary/aromatic N) is 4. The lowest BCUT2D eigenvalue weighted by Gasteiger charge is -2.13. The number of carbonyl (C=O) groups is 3. The number of anilines is 1. The minimum absolute atomic E-state index is 0.0794. The van der Waals surface area contributed by atoms with E-state index in [1.807, 2.05) is 6.92 Å². The van der Waals surface area contributed by atoms with E-state index in [1.165, 1.54) is 16.5 Å². The van der Waals surface area contributed by atoms with Crippen LogP contribution in [0, 0.1) is 36.8 Å². The maximum atomic E-state index is 12.9. The lowest BCUT2D eigenvalue weighted by molar-refractivity contribution is -0.386. The third kappa shape index (κ3) is 5.56. The number of nitro groups is 1. The first kappa shape index (κ1) is 26.0. The molecular weight excluding hydrogens is 450 g/mol. The highest BCUT2D eigenvalue weighted by atomic mass is 32.1. The first-order valence-corrected chi connectivity index (χ1v) is 11.2.